The minimum atomic E-state index is -5.43. The topological polar surface area (TPSA) is 187 Å². The van der Waals surface area contributed by atoms with Crippen LogP contribution in [-0.4, -0.2) is 47.4 Å². The van der Waals surface area contributed by atoms with Crippen molar-refractivity contribution in [3.8, 4) is 0 Å². The number of nitrogens with one attached hydrogen (secondary N) is 1. The van der Waals surface area contributed by atoms with Crippen LogP contribution in [0.25, 0.3) is 0 Å². The lowest BCUT2D eigenvalue weighted by molar-refractivity contribution is -0.111. The Morgan fingerprint density at radius 2 is 1.50 bits per heavy atom. The first kappa shape index (κ1) is 13.7. The highest BCUT2D eigenvalue weighted by atomic mass is 32.2. The van der Waals surface area contributed by atoms with Crippen molar-refractivity contribution >= 4 is 20.4 Å². The molecule has 0 heterocycles. The van der Waals surface area contributed by atoms with Crippen LogP contribution in [0.3, 0.4) is 0 Å². The van der Waals surface area contributed by atoms with Crippen molar-refractivity contribution in [2.75, 3.05) is 0 Å². The molecule has 0 aromatic carbocycles. The maximum absolute atomic E-state index is 10.2. The molecule has 0 aromatic heterocycles. The highest BCUT2D eigenvalue weighted by Crippen LogP contribution is 2.10. The maximum atomic E-state index is 10.2. The summed E-state index contributed by atoms with van der Waals surface area (Å²) in [4.78, 5) is 0. The van der Waals surface area contributed by atoms with Crippen molar-refractivity contribution < 1.29 is 36.2 Å². The van der Waals surface area contributed by atoms with E-state index in [1.165, 1.54) is 0 Å². The third-order valence-corrected chi connectivity index (χ3v) is 2.63. The molecule has 1 atom stereocenters. The zero-order valence-electron chi connectivity index (χ0n) is 6.39. The van der Waals surface area contributed by atoms with Crippen LogP contribution >= 0.6 is 0 Å². The van der Waals surface area contributed by atoms with E-state index in [0.717, 1.165) is 4.72 Å². The van der Waals surface area contributed by atoms with Gasteiger partial charge in [0, 0.05) is 0 Å². The molecule has 0 fully saturated rings. The molecular formula is C2H8N2O8S2. The summed E-state index contributed by atoms with van der Waals surface area (Å²) in [6, 6.07) is 0. The summed E-state index contributed by atoms with van der Waals surface area (Å²) in [6.45, 7) is 0. The summed E-state index contributed by atoms with van der Waals surface area (Å²) < 4.78 is 57.9. The van der Waals surface area contributed by atoms with Crippen LogP contribution in [0.5, 0.6) is 0 Å². The first-order valence-electron chi connectivity index (χ1n) is 2.80. The van der Waals surface area contributed by atoms with Crippen molar-refractivity contribution in [2.24, 2.45) is 5.73 Å². The summed E-state index contributed by atoms with van der Waals surface area (Å²) in [6.07, 6.45) is -2.55. The molecule has 7 N–H and O–H groups in total. The minimum Gasteiger partial charge on any atom is -0.349 e. The van der Waals surface area contributed by atoms with E-state index in [0.29, 0.717) is 0 Å². The molecule has 0 saturated carbocycles. The highest BCUT2D eigenvalue weighted by Gasteiger charge is 2.46. The van der Waals surface area contributed by atoms with Gasteiger partial charge in [-0.15, -0.1) is 0 Å². The molecular weight excluding hydrogens is 244 g/mol. The van der Waals surface area contributed by atoms with Gasteiger partial charge in [-0.25, -0.2) is 0 Å². The smallest absolute Gasteiger partial charge is 0.334 e. The molecule has 0 bridgehead atoms. The van der Waals surface area contributed by atoms with Gasteiger partial charge in [-0.05, 0) is 0 Å². The second kappa shape index (κ2) is 3.67. The van der Waals surface area contributed by atoms with E-state index in [4.69, 9.17) is 19.3 Å². The minimum absolute atomic E-state index is 0.932. The zero-order valence-corrected chi connectivity index (χ0v) is 8.03. The predicted molar refractivity (Wildman–Crippen MR) is 41.4 cm³/mol. The van der Waals surface area contributed by atoms with Crippen LogP contribution < -0.4 is 10.5 Å². The van der Waals surface area contributed by atoms with Gasteiger partial charge in [-0.2, -0.15) is 21.6 Å². The lowest BCUT2D eigenvalue weighted by Gasteiger charge is -2.23. The summed E-state index contributed by atoms with van der Waals surface area (Å²) in [5.74, 6) is 0. The lowest BCUT2D eigenvalue weighted by Crippen LogP contribution is -2.61. The number of aliphatic hydroxyl groups is 2. The largest absolute Gasteiger partial charge is 0.349 e. The molecule has 86 valence electrons. The first-order chi connectivity index (χ1) is 5.88. The van der Waals surface area contributed by atoms with Crippen molar-refractivity contribution in [3.05, 3.63) is 0 Å². The van der Waals surface area contributed by atoms with Crippen molar-refractivity contribution in [1.29, 1.82) is 0 Å². The second-order valence-electron chi connectivity index (χ2n) is 2.20. The van der Waals surface area contributed by atoms with Crippen LogP contribution in [0.1, 0.15) is 0 Å². The van der Waals surface area contributed by atoms with Crippen molar-refractivity contribution in [2.45, 2.75) is 11.3 Å². The Hall–Kier alpha value is -0.340. The van der Waals surface area contributed by atoms with Gasteiger partial charge < -0.3 is 15.9 Å². The average Bonchev–Trinajstić information content (AvgIpc) is 1.80. The summed E-state index contributed by atoms with van der Waals surface area (Å²) in [7, 11) is -10.4. The van der Waals surface area contributed by atoms with Gasteiger partial charge in [0.2, 0.25) is 0 Å². The molecule has 0 saturated heterocycles. The Bertz CT molecular complexity index is 393. The Morgan fingerprint density at radius 3 is 1.71 bits per heavy atom. The summed E-state index contributed by atoms with van der Waals surface area (Å²) >= 11 is 0. The quantitative estimate of drug-likeness (QED) is 0.215. The Labute approximate surface area is 79.0 Å². The average molecular weight is 252 g/mol. The van der Waals surface area contributed by atoms with Gasteiger partial charge >= 0.3 is 25.5 Å². The van der Waals surface area contributed by atoms with Crippen LogP contribution in [0.15, 0.2) is 0 Å². The van der Waals surface area contributed by atoms with Crippen molar-refractivity contribution in [1.82, 2.24) is 4.72 Å². The Balaban J connectivity index is 4.97. The third kappa shape index (κ3) is 3.43. The maximum Gasteiger partial charge on any atom is 0.334 e. The monoisotopic (exact) mass is 252 g/mol. The molecule has 0 aliphatic carbocycles. The van der Waals surface area contributed by atoms with Crippen molar-refractivity contribution in [3.63, 3.8) is 0 Å². The van der Waals surface area contributed by atoms with E-state index in [2.05, 4.69) is 5.73 Å². The molecule has 0 aromatic rings. The predicted octanol–water partition coefficient (Wildman–Crippen LogP) is -3.81. The molecule has 0 radical (unpaired) electrons. The molecule has 10 nitrogen and oxygen atoms in total. The fourth-order valence-corrected chi connectivity index (χ4v) is 1.34. The molecule has 0 aliphatic rings. The first-order valence-corrected chi connectivity index (χ1v) is 5.68. The normalized spacial score (nSPS) is 16.6. The Kier molecular flexibility index (Phi) is 3.58. The van der Waals surface area contributed by atoms with Gasteiger partial charge in [0.15, 0.2) is 0 Å². The standard InChI is InChI=1S/C2H8N2O8S2/c3-1(4-14(10,11)12)2(5,6)13(7,8)9/h1,4-6H,3H2,(H,7,8,9)(H,10,11,12). The van der Waals surface area contributed by atoms with E-state index >= 15 is 0 Å². The number of hydrogen-bond acceptors (Lipinski definition) is 7. The number of hydrogen-bond donors (Lipinski definition) is 6. The molecule has 12 heteroatoms. The Morgan fingerprint density at radius 1 is 1.14 bits per heavy atom. The lowest BCUT2D eigenvalue weighted by atomic mass is 10.5. The van der Waals surface area contributed by atoms with Gasteiger partial charge in [0.05, 0.1) is 0 Å². The van der Waals surface area contributed by atoms with Gasteiger partial charge in [0.1, 0.15) is 6.17 Å². The molecule has 0 aliphatic heterocycles. The fraction of sp³-hybridized carbons (Fsp3) is 1.00. The number of rotatable bonds is 4. The van der Waals surface area contributed by atoms with E-state index in [9.17, 15) is 16.8 Å². The van der Waals surface area contributed by atoms with Crippen LogP contribution in [0.4, 0.5) is 0 Å². The highest BCUT2D eigenvalue weighted by molar-refractivity contribution is 7.87. The zero-order chi connectivity index (χ0) is 11.8. The second-order valence-corrected chi connectivity index (χ2v) is 4.94. The van der Waals surface area contributed by atoms with Gasteiger partial charge in [-0.3, -0.25) is 9.11 Å². The van der Waals surface area contributed by atoms with Gasteiger partial charge in [0.25, 0.3) is 0 Å². The molecule has 14 heavy (non-hydrogen) atoms. The fourth-order valence-electron chi connectivity index (χ4n) is 0.398. The van der Waals surface area contributed by atoms with Crippen LogP contribution in [0.2, 0.25) is 0 Å². The van der Waals surface area contributed by atoms with Crippen LogP contribution in [-0.2, 0) is 20.4 Å². The summed E-state index contributed by atoms with van der Waals surface area (Å²) in [5.41, 5.74) is 4.63. The van der Waals surface area contributed by atoms with E-state index in [1.54, 1.807) is 0 Å². The van der Waals surface area contributed by atoms with E-state index in [-0.39, 0.29) is 0 Å². The molecule has 0 rings (SSSR count). The van der Waals surface area contributed by atoms with E-state index < -0.39 is 31.7 Å². The van der Waals surface area contributed by atoms with Gasteiger partial charge in [-0.1, -0.05) is 0 Å². The SMILES string of the molecule is NC(NS(=O)(=O)O)C(O)(O)S(=O)(=O)O. The third-order valence-electron chi connectivity index (χ3n) is 1.06. The van der Waals surface area contributed by atoms with Crippen LogP contribution in [0, 0.1) is 0 Å². The number of nitrogens with two attached hydrogens (primary N) is 1. The van der Waals surface area contributed by atoms with E-state index in [1.807, 2.05) is 0 Å². The molecule has 1 unspecified atom stereocenters. The molecule has 0 amide bonds. The molecule has 0 spiro atoms. The summed E-state index contributed by atoms with van der Waals surface area (Å²) in [5, 5.41) is 13.3.